The molecule has 1 aromatic carbocycles. The zero-order chi connectivity index (χ0) is 19.7. The average Bonchev–Trinajstić information content (AvgIpc) is 2.59. The van der Waals surface area contributed by atoms with Crippen LogP contribution in [0.3, 0.4) is 0 Å². The molecule has 1 aliphatic rings. The Morgan fingerprint density at radius 3 is 2.46 bits per heavy atom. The van der Waals surface area contributed by atoms with Gasteiger partial charge in [-0.1, -0.05) is 6.92 Å². The number of amides is 1. The van der Waals surface area contributed by atoms with E-state index in [1.165, 1.54) is 18.1 Å². The van der Waals surface area contributed by atoms with E-state index in [-0.39, 0.29) is 24.3 Å². The first kappa shape index (κ1) is 20.1. The van der Waals surface area contributed by atoms with Crippen LogP contribution in [-0.2, 0) is 25.9 Å². The molecule has 1 aromatic rings. The summed E-state index contributed by atoms with van der Waals surface area (Å²) in [5.41, 5.74) is -1.83. The van der Waals surface area contributed by atoms with E-state index in [1.807, 2.05) is 6.92 Å². The number of methoxy groups -OCH3 is 1. The van der Waals surface area contributed by atoms with Gasteiger partial charge >= 0.3 is 18.2 Å². The summed E-state index contributed by atoms with van der Waals surface area (Å²) in [4.78, 5) is 26.2. The predicted octanol–water partition coefficient (Wildman–Crippen LogP) is 4.28. The first-order chi connectivity index (χ1) is 12.1. The van der Waals surface area contributed by atoms with E-state index in [9.17, 15) is 22.8 Å². The number of fused-ring (bicyclic) bond motifs is 1. The molecule has 1 amide bonds. The highest BCUT2D eigenvalue weighted by Crippen LogP contribution is 2.46. The second-order valence-corrected chi connectivity index (χ2v) is 6.39. The van der Waals surface area contributed by atoms with Gasteiger partial charge in [-0.25, -0.2) is 4.79 Å². The summed E-state index contributed by atoms with van der Waals surface area (Å²) in [5.74, 6) is -0.639. The van der Waals surface area contributed by atoms with Crippen LogP contribution >= 0.6 is 0 Å². The van der Waals surface area contributed by atoms with Gasteiger partial charge in [-0.2, -0.15) is 13.2 Å². The summed E-state index contributed by atoms with van der Waals surface area (Å²) in [5, 5.41) is 0. The van der Waals surface area contributed by atoms with Crippen molar-refractivity contribution in [2.45, 2.75) is 51.2 Å². The van der Waals surface area contributed by atoms with E-state index in [2.05, 4.69) is 0 Å². The smallest absolute Gasteiger partial charge is 0.416 e. The van der Waals surface area contributed by atoms with Crippen molar-refractivity contribution < 1.29 is 32.2 Å². The summed E-state index contributed by atoms with van der Waals surface area (Å²) in [6.07, 6.45) is -4.57. The Bertz CT molecular complexity index is 704. The zero-order valence-electron chi connectivity index (χ0n) is 15.1. The number of rotatable bonds is 3. The molecule has 1 heterocycles. The van der Waals surface area contributed by atoms with Gasteiger partial charge in [0.25, 0.3) is 0 Å². The third-order valence-electron chi connectivity index (χ3n) is 4.76. The van der Waals surface area contributed by atoms with Crippen molar-refractivity contribution in [3.05, 3.63) is 29.3 Å². The van der Waals surface area contributed by atoms with Gasteiger partial charge in [-0.05, 0) is 50.5 Å². The van der Waals surface area contributed by atoms with Crippen LogP contribution in [0.25, 0.3) is 0 Å². The fourth-order valence-corrected chi connectivity index (χ4v) is 3.42. The monoisotopic (exact) mass is 373 g/mol. The molecule has 1 unspecified atom stereocenters. The average molecular weight is 373 g/mol. The minimum Gasteiger partial charge on any atom is -0.468 e. The first-order valence-electron chi connectivity index (χ1n) is 8.36. The second-order valence-electron chi connectivity index (χ2n) is 6.39. The molecule has 0 fully saturated rings. The fourth-order valence-electron chi connectivity index (χ4n) is 3.42. The van der Waals surface area contributed by atoms with Crippen molar-refractivity contribution in [3.8, 4) is 0 Å². The van der Waals surface area contributed by atoms with Crippen molar-refractivity contribution in [2.75, 3.05) is 18.6 Å². The first-order valence-corrected chi connectivity index (χ1v) is 8.36. The molecule has 0 saturated carbocycles. The maximum Gasteiger partial charge on any atom is 0.416 e. The van der Waals surface area contributed by atoms with Crippen LogP contribution in [0, 0.1) is 0 Å². The van der Waals surface area contributed by atoms with Crippen LogP contribution in [0.2, 0.25) is 0 Å². The van der Waals surface area contributed by atoms with Crippen molar-refractivity contribution in [3.63, 3.8) is 0 Å². The van der Waals surface area contributed by atoms with E-state index >= 15 is 0 Å². The SMILES string of the molecule is CCOC(=O)N1c2ccc(C(F)(F)F)cc2C(C)(C(=O)OC)C[C@H]1CC. The molecule has 2 atom stereocenters. The van der Waals surface area contributed by atoms with Crippen LogP contribution in [-0.4, -0.2) is 31.8 Å². The quantitative estimate of drug-likeness (QED) is 0.742. The zero-order valence-corrected chi connectivity index (χ0v) is 15.1. The molecule has 0 N–H and O–H groups in total. The molecule has 8 heteroatoms. The molecule has 1 aliphatic heterocycles. The largest absolute Gasteiger partial charge is 0.468 e. The summed E-state index contributed by atoms with van der Waals surface area (Å²) in [6.45, 7) is 5.16. The number of esters is 1. The number of carbonyl (C=O) groups is 2. The highest BCUT2D eigenvalue weighted by atomic mass is 19.4. The Kier molecular flexibility index (Phi) is 5.53. The lowest BCUT2D eigenvalue weighted by Crippen LogP contribution is -2.52. The molecule has 0 spiro atoms. The number of alkyl halides is 3. The van der Waals surface area contributed by atoms with Gasteiger partial charge in [0, 0.05) is 6.04 Å². The Hall–Kier alpha value is -2.25. The molecular formula is C18H22F3NO4. The van der Waals surface area contributed by atoms with Gasteiger partial charge in [0.05, 0.1) is 30.4 Å². The fraction of sp³-hybridized carbons (Fsp3) is 0.556. The molecule has 0 aliphatic carbocycles. The Morgan fingerprint density at radius 2 is 1.96 bits per heavy atom. The maximum absolute atomic E-state index is 13.2. The van der Waals surface area contributed by atoms with Gasteiger partial charge in [-0.15, -0.1) is 0 Å². The van der Waals surface area contributed by atoms with Crippen molar-refractivity contribution in [2.24, 2.45) is 0 Å². The Labute approximate surface area is 150 Å². The second kappa shape index (κ2) is 7.17. The number of anilines is 1. The van der Waals surface area contributed by atoms with Crippen LogP contribution in [0.5, 0.6) is 0 Å². The number of ether oxygens (including phenoxy) is 2. The molecule has 0 saturated heterocycles. The van der Waals surface area contributed by atoms with E-state index in [0.29, 0.717) is 6.42 Å². The molecule has 0 bridgehead atoms. The van der Waals surface area contributed by atoms with Gasteiger partial charge in [0.1, 0.15) is 0 Å². The number of carbonyl (C=O) groups excluding carboxylic acids is 2. The molecule has 0 aromatic heterocycles. The van der Waals surface area contributed by atoms with Crippen LogP contribution in [0.15, 0.2) is 18.2 Å². The molecule has 5 nitrogen and oxygen atoms in total. The van der Waals surface area contributed by atoms with Gasteiger partial charge in [-0.3, -0.25) is 9.69 Å². The molecule has 2 rings (SSSR count). The lowest BCUT2D eigenvalue weighted by Gasteiger charge is -2.44. The van der Waals surface area contributed by atoms with Crippen molar-refractivity contribution in [1.29, 1.82) is 0 Å². The third-order valence-corrected chi connectivity index (χ3v) is 4.76. The van der Waals surface area contributed by atoms with E-state index < -0.39 is 35.3 Å². The van der Waals surface area contributed by atoms with Crippen molar-refractivity contribution >= 4 is 17.7 Å². The predicted molar refractivity (Wildman–Crippen MR) is 89.0 cm³/mol. The lowest BCUT2D eigenvalue weighted by atomic mass is 9.72. The number of nitrogens with zero attached hydrogens (tertiary/aromatic N) is 1. The molecule has 0 radical (unpaired) electrons. The molecule has 144 valence electrons. The van der Waals surface area contributed by atoms with E-state index in [4.69, 9.17) is 9.47 Å². The third kappa shape index (κ3) is 3.37. The normalized spacial score (nSPS) is 22.6. The number of hydrogen-bond acceptors (Lipinski definition) is 4. The van der Waals surface area contributed by atoms with Crippen LogP contribution in [0.1, 0.15) is 44.7 Å². The van der Waals surface area contributed by atoms with Gasteiger partial charge < -0.3 is 9.47 Å². The molecule has 26 heavy (non-hydrogen) atoms. The number of halogens is 3. The summed E-state index contributed by atoms with van der Waals surface area (Å²) in [6, 6.07) is 2.64. The summed E-state index contributed by atoms with van der Waals surface area (Å²) < 4.78 is 49.5. The van der Waals surface area contributed by atoms with E-state index in [1.54, 1.807) is 13.8 Å². The molecular weight excluding hydrogens is 351 g/mol. The topological polar surface area (TPSA) is 55.8 Å². The lowest BCUT2D eigenvalue weighted by molar-refractivity contribution is -0.148. The minimum absolute atomic E-state index is 0.108. The summed E-state index contributed by atoms with van der Waals surface area (Å²) in [7, 11) is 1.19. The number of hydrogen-bond donors (Lipinski definition) is 0. The number of benzene rings is 1. The van der Waals surface area contributed by atoms with Crippen molar-refractivity contribution in [1.82, 2.24) is 0 Å². The standard InChI is InChI=1S/C18H22F3NO4/c1-5-12-10-17(3,15(23)25-4)13-9-11(18(19,20)21)7-8-14(13)22(12)16(24)26-6-2/h7-9,12H,5-6,10H2,1-4H3/t12-,17?/m1/s1. The van der Waals surface area contributed by atoms with Gasteiger partial charge in [0.15, 0.2) is 0 Å². The highest BCUT2D eigenvalue weighted by Gasteiger charge is 2.49. The van der Waals surface area contributed by atoms with E-state index in [0.717, 1.165) is 12.1 Å². The highest BCUT2D eigenvalue weighted by molar-refractivity contribution is 5.95. The summed E-state index contributed by atoms with van der Waals surface area (Å²) >= 11 is 0. The van der Waals surface area contributed by atoms with Crippen LogP contribution in [0.4, 0.5) is 23.7 Å². The van der Waals surface area contributed by atoms with Gasteiger partial charge in [0.2, 0.25) is 0 Å². The Morgan fingerprint density at radius 1 is 1.31 bits per heavy atom. The van der Waals surface area contributed by atoms with Crippen LogP contribution < -0.4 is 4.90 Å². The Balaban J connectivity index is 2.71. The maximum atomic E-state index is 13.2. The minimum atomic E-state index is -4.57.